The number of furan rings is 1. The summed E-state index contributed by atoms with van der Waals surface area (Å²) in [6.45, 7) is 0. The number of nitrogens with zero attached hydrogens (tertiary/aromatic N) is 1. The third-order valence-electron chi connectivity index (χ3n) is 9.89. The fourth-order valence-electron chi connectivity index (χ4n) is 7.45. The summed E-state index contributed by atoms with van der Waals surface area (Å²) in [4.78, 5) is 2.40. The molecule has 0 bridgehead atoms. The van der Waals surface area contributed by atoms with Gasteiger partial charge in [0.05, 0.1) is 11.4 Å². The molecule has 10 aromatic rings. The number of fused-ring (bicyclic) bond motifs is 6. The lowest BCUT2D eigenvalue weighted by Gasteiger charge is -2.27. The van der Waals surface area contributed by atoms with Crippen molar-refractivity contribution in [3.05, 3.63) is 188 Å². The molecule has 0 aliphatic heterocycles. The summed E-state index contributed by atoms with van der Waals surface area (Å²) in [6.07, 6.45) is 0. The van der Waals surface area contributed by atoms with Crippen LogP contribution < -0.4 is 4.90 Å². The molecule has 0 fully saturated rings. The number of para-hydroxylation sites is 1. The van der Waals surface area contributed by atoms with Gasteiger partial charge in [0.15, 0.2) is 5.58 Å². The van der Waals surface area contributed by atoms with Gasteiger partial charge in [-0.2, -0.15) is 0 Å². The Hall–Kier alpha value is -6.42. The summed E-state index contributed by atoms with van der Waals surface area (Å²) in [6, 6.07) is 67.2. The van der Waals surface area contributed by atoms with E-state index in [-0.39, 0.29) is 0 Å². The van der Waals surface area contributed by atoms with E-state index >= 15 is 0 Å². The van der Waals surface area contributed by atoms with Gasteiger partial charge in [0.25, 0.3) is 0 Å². The molecule has 240 valence electrons. The third kappa shape index (κ3) is 5.01. The summed E-state index contributed by atoms with van der Waals surface area (Å²) >= 11 is 1.86. The number of rotatable bonds is 6. The Labute approximate surface area is 300 Å². The Kier molecular flexibility index (Phi) is 7.04. The smallest absolute Gasteiger partial charge is 0.159 e. The van der Waals surface area contributed by atoms with Gasteiger partial charge in [0.1, 0.15) is 5.58 Å². The lowest BCUT2D eigenvalue weighted by Crippen LogP contribution is -2.10. The highest BCUT2D eigenvalue weighted by Gasteiger charge is 2.24. The maximum atomic E-state index is 6.90. The summed E-state index contributed by atoms with van der Waals surface area (Å²) < 4.78 is 9.44. The number of hydrogen-bond acceptors (Lipinski definition) is 3. The van der Waals surface area contributed by atoms with Crippen molar-refractivity contribution in [2.45, 2.75) is 0 Å². The normalized spacial score (nSPS) is 11.5. The molecule has 2 nitrogen and oxygen atoms in total. The second-order valence-electron chi connectivity index (χ2n) is 12.9. The van der Waals surface area contributed by atoms with Crippen molar-refractivity contribution in [1.29, 1.82) is 0 Å². The van der Waals surface area contributed by atoms with Crippen molar-refractivity contribution in [3.8, 4) is 33.4 Å². The van der Waals surface area contributed by atoms with E-state index in [1.807, 2.05) is 11.3 Å². The van der Waals surface area contributed by atoms with E-state index in [2.05, 4.69) is 193 Å². The van der Waals surface area contributed by atoms with Crippen LogP contribution in [0, 0.1) is 0 Å². The first kappa shape index (κ1) is 29.5. The van der Waals surface area contributed by atoms with Crippen molar-refractivity contribution < 1.29 is 4.42 Å². The molecule has 0 amide bonds. The van der Waals surface area contributed by atoms with E-state index in [0.29, 0.717) is 0 Å². The quantitative estimate of drug-likeness (QED) is 0.175. The van der Waals surface area contributed by atoms with E-state index in [4.69, 9.17) is 4.42 Å². The van der Waals surface area contributed by atoms with Crippen LogP contribution in [0.3, 0.4) is 0 Å². The predicted molar refractivity (Wildman–Crippen MR) is 218 cm³/mol. The zero-order valence-corrected chi connectivity index (χ0v) is 28.5. The minimum atomic E-state index is 0.865. The predicted octanol–water partition coefficient (Wildman–Crippen LogP) is 14.4. The minimum absolute atomic E-state index is 0.865. The summed E-state index contributed by atoms with van der Waals surface area (Å²) in [5.41, 5.74) is 12.1. The largest absolute Gasteiger partial charge is 0.454 e. The summed E-state index contributed by atoms with van der Waals surface area (Å²) in [5.74, 6) is 0. The molecule has 0 aliphatic rings. The molecular formula is C48H31NOS. The average Bonchev–Trinajstić information content (AvgIpc) is 3.79. The second-order valence-corrected chi connectivity index (χ2v) is 13.9. The van der Waals surface area contributed by atoms with Gasteiger partial charge in [-0.1, -0.05) is 146 Å². The molecule has 51 heavy (non-hydrogen) atoms. The van der Waals surface area contributed by atoms with Crippen LogP contribution in [0.1, 0.15) is 0 Å². The number of thiophene rings is 1. The van der Waals surface area contributed by atoms with Crippen molar-refractivity contribution in [2.24, 2.45) is 0 Å². The molecule has 3 heteroatoms. The van der Waals surface area contributed by atoms with Gasteiger partial charge < -0.3 is 9.32 Å². The van der Waals surface area contributed by atoms with Crippen molar-refractivity contribution in [2.75, 3.05) is 4.90 Å². The molecule has 2 aromatic heterocycles. The number of hydrogen-bond donors (Lipinski definition) is 0. The number of anilines is 3. The topological polar surface area (TPSA) is 16.4 Å². The van der Waals surface area contributed by atoms with E-state index in [1.54, 1.807) is 0 Å². The maximum Gasteiger partial charge on any atom is 0.159 e. The van der Waals surface area contributed by atoms with Crippen LogP contribution in [-0.2, 0) is 0 Å². The molecular weight excluding hydrogens is 639 g/mol. The maximum absolute atomic E-state index is 6.90. The van der Waals surface area contributed by atoms with Gasteiger partial charge in [-0.25, -0.2) is 0 Å². The highest BCUT2D eigenvalue weighted by atomic mass is 32.1. The molecule has 8 aromatic carbocycles. The summed E-state index contributed by atoms with van der Waals surface area (Å²) in [7, 11) is 0. The molecule has 0 radical (unpaired) electrons. The fraction of sp³-hybridized carbons (Fsp3) is 0. The molecule has 2 heterocycles. The van der Waals surface area contributed by atoms with Crippen LogP contribution in [0.15, 0.2) is 192 Å². The molecule has 0 N–H and O–H groups in total. The molecule has 0 saturated heterocycles. The lowest BCUT2D eigenvalue weighted by atomic mass is 9.99. The van der Waals surface area contributed by atoms with Gasteiger partial charge in [-0.05, 0) is 75.8 Å². The standard InChI is InChI=1S/C48H31NOS/c1-4-13-32(14-5-1)34-23-26-37(27-24-34)49(42-30-29-38(35-17-8-3-9-18-35)48-46(42)41-19-10-11-22-45(41)51-48)43-21-12-20-40-39-28-25-36(31-44(39)50-47(40)43)33-15-6-2-7-16-33/h1-31H. The van der Waals surface area contributed by atoms with Gasteiger partial charge in [-0.3, -0.25) is 0 Å². The first-order valence-electron chi connectivity index (χ1n) is 17.3. The van der Waals surface area contributed by atoms with Crippen LogP contribution >= 0.6 is 11.3 Å². The first-order chi connectivity index (χ1) is 25.3. The Morgan fingerprint density at radius 3 is 1.76 bits per heavy atom. The number of benzene rings is 8. The Bertz CT molecular complexity index is 2840. The first-order valence-corrected chi connectivity index (χ1v) is 18.1. The zero-order valence-electron chi connectivity index (χ0n) is 27.7. The third-order valence-corrected chi connectivity index (χ3v) is 11.1. The molecule has 0 unspecified atom stereocenters. The Balaban J connectivity index is 1.24. The molecule has 0 aliphatic carbocycles. The van der Waals surface area contributed by atoms with Crippen molar-refractivity contribution >= 4 is 70.5 Å². The zero-order chi connectivity index (χ0) is 33.7. The van der Waals surface area contributed by atoms with Gasteiger partial charge >= 0.3 is 0 Å². The van der Waals surface area contributed by atoms with Gasteiger partial charge in [0, 0.05) is 36.6 Å². The molecule has 0 saturated carbocycles. The summed E-state index contributed by atoms with van der Waals surface area (Å²) in [5, 5.41) is 4.70. The molecule has 0 spiro atoms. The van der Waals surface area contributed by atoms with Crippen LogP contribution in [0.5, 0.6) is 0 Å². The van der Waals surface area contributed by atoms with Gasteiger partial charge in [0.2, 0.25) is 0 Å². The van der Waals surface area contributed by atoms with Crippen LogP contribution in [0.4, 0.5) is 17.1 Å². The minimum Gasteiger partial charge on any atom is -0.454 e. The van der Waals surface area contributed by atoms with Crippen LogP contribution in [-0.4, -0.2) is 0 Å². The average molecular weight is 670 g/mol. The Morgan fingerprint density at radius 1 is 0.412 bits per heavy atom. The monoisotopic (exact) mass is 669 g/mol. The van der Waals surface area contributed by atoms with E-state index in [0.717, 1.165) is 44.6 Å². The van der Waals surface area contributed by atoms with Crippen molar-refractivity contribution in [1.82, 2.24) is 0 Å². The highest BCUT2D eigenvalue weighted by molar-refractivity contribution is 7.26. The highest BCUT2D eigenvalue weighted by Crippen LogP contribution is 2.50. The van der Waals surface area contributed by atoms with Crippen LogP contribution in [0.2, 0.25) is 0 Å². The van der Waals surface area contributed by atoms with Gasteiger partial charge in [-0.15, -0.1) is 11.3 Å². The SMILES string of the molecule is c1ccc(-c2ccc(N(c3cccc4c3oc3cc(-c5ccccc5)ccc34)c3ccc(-c4ccccc4)c4sc5ccccc5c34)cc2)cc1. The van der Waals surface area contributed by atoms with E-state index in [1.165, 1.54) is 48.0 Å². The van der Waals surface area contributed by atoms with Crippen molar-refractivity contribution in [3.63, 3.8) is 0 Å². The fourth-order valence-corrected chi connectivity index (χ4v) is 8.71. The lowest BCUT2D eigenvalue weighted by molar-refractivity contribution is 0.669. The molecule has 10 rings (SSSR count). The second kappa shape index (κ2) is 12.2. The van der Waals surface area contributed by atoms with E-state index < -0.39 is 0 Å². The molecule has 0 atom stereocenters. The van der Waals surface area contributed by atoms with E-state index in [9.17, 15) is 0 Å². The van der Waals surface area contributed by atoms with Crippen LogP contribution in [0.25, 0.3) is 75.5 Å². The Morgan fingerprint density at radius 2 is 1.02 bits per heavy atom.